The van der Waals surface area contributed by atoms with Crippen molar-refractivity contribution >= 4 is 17.1 Å². The SMILES string of the molecule is COC(=O)c1cncc(C2=C(c3cc(C(F)(F)F)ccc3OCc3ccc(F)cc3)CCC2)n1. The summed E-state index contributed by atoms with van der Waals surface area (Å²) in [6, 6.07) is 9.00. The summed E-state index contributed by atoms with van der Waals surface area (Å²) in [5.74, 6) is -0.782. The minimum absolute atomic E-state index is 0.00979. The highest BCUT2D eigenvalue weighted by Crippen LogP contribution is 2.44. The van der Waals surface area contributed by atoms with Gasteiger partial charge in [0.1, 0.15) is 18.2 Å². The number of hydrogen-bond acceptors (Lipinski definition) is 5. The van der Waals surface area contributed by atoms with Gasteiger partial charge < -0.3 is 9.47 Å². The smallest absolute Gasteiger partial charge is 0.416 e. The Morgan fingerprint density at radius 1 is 1.03 bits per heavy atom. The van der Waals surface area contributed by atoms with Crippen molar-refractivity contribution in [3.8, 4) is 5.75 Å². The molecule has 34 heavy (non-hydrogen) atoms. The van der Waals surface area contributed by atoms with Crippen LogP contribution >= 0.6 is 0 Å². The van der Waals surface area contributed by atoms with Crippen molar-refractivity contribution in [2.75, 3.05) is 7.11 Å². The fraction of sp³-hybridized carbons (Fsp3) is 0.240. The molecule has 1 aromatic heterocycles. The monoisotopic (exact) mass is 472 g/mol. The lowest BCUT2D eigenvalue weighted by atomic mass is 9.97. The van der Waals surface area contributed by atoms with Gasteiger partial charge in [0.05, 0.1) is 30.8 Å². The molecule has 0 amide bonds. The summed E-state index contributed by atoms with van der Waals surface area (Å²) in [4.78, 5) is 20.2. The van der Waals surface area contributed by atoms with Gasteiger partial charge in [-0.3, -0.25) is 4.98 Å². The lowest BCUT2D eigenvalue weighted by Crippen LogP contribution is -2.08. The van der Waals surface area contributed by atoms with Gasteiger partial charge in [-0.05, 0) is 66.3 Å². The zero-order chi connectivity index (χ0) is 24.3. The van der Waals surface area contributed by atoms with Gasteiger partial charge in [0.25, 0.3) is 0 Å². The first-order valence-corrected chi connectivity index (χ1v) is 10.5. The van der Waals surface area contributed by atoms with E-state index < -0.39 is 23.5 Å². The Bertz CT molecular complexity index is 1240. The molecule has 5 nitrogen and oxygen atoms in total. The van der Waals surface area contributed by atoms with Crippen LogP contribution in [0.2, 0.25) is 0 Å². The Hall–Kier alpha value is -3.75. The van der Waals surface area contributed by atoms with E-state index in [-0.39, 0.29) is 18.1 Å². The number of nitrogens with zero attached hydrogens (tertiary/aromatic N) is 2. The van der Waals surface area contributed by atoms with E-state index in [0.717, 1.165) is 12.1 Å². The van der Waals surface area contributed by atoms with Gasteiger partial charge in [-0.2, -0.15) is 13.2 Å². The summed E-state index contributed by atoms with van der Waals surface area (Å²) in [5, 5.41) is 0. The van der Waals surface area contributed by atoms with Crippen molar-refractivity contribution in [1.82, 2.24) is 9.97 Å². The molecule has 0 saturated carbocycles. The van der Waals surface area contributed by atoms with Crippen molar-refractivity contribution in [3.63, 3.8) is 0 Å². The standard InChI is InChI=1S/C25H20F4N2O3/c1-33-24(32)22-13-30-12-21(31-22)19-4-2-3-18(19)20-11-16(25(27,28)29)7-10-23(20)34-14-15-5-8-17(26)9-6-15/h5-13H,2-4,14H2,1H3. The Kier molecular flexibility index (Phi) is 6.63. The molecule has 0 spiro atoms. The number of halogens is 4. The molecule has 0 N–H and O–H groups in total. The zero-order valence-corrected chi connectivity index (χ0v) is 18.2. The number of aromatic nitrogens is 2. The predicted molar refractivity (Wildman–Crippen MR) is 116 cm³/mol. The first-order chi connectivity index (χ1) is 16.3. The van der Waals surface area contributed by atoms with Crippen LogP contribution in [0.25, 0.3) is 11.1 Å². The van der Waals surface area contributed by atoms with E-state index in [4.69, 9.17) is 9.47 Å². The zero-order valence-electron chi connectivity index (χ0n) is 18.2. The molecule has 0 saturated heterocycles. The summed E-state index contributed by atoms with van der Waals surface area (Å²) in [6.45, 7) is 0.0545. The number of rotatable bonds is 6. The van der Waals surface area contributed by atoms with E-state index in [9.17, 15) is 22.4 Å². The minimum atomic E-state index is -4.53. The normalized spacial score (nSPS) is 13.8. The minimum Gasteiger partial charge on any atom is -0.488 e. The number of methoxy groups -OCH3 is 1. The second-order valence-corrected chi connectivity index (χ2v) is 7.72. The molecule has 3 aromatic rings. The van der Waals surface area contributed by atoms with E-state index in [0.29, 0.717) is 47.2 Å². The predicted octanol–water partition coefficient (Wildman–Crippen LogP) is 6.09. The summed E-state index contributed by atoms with van der Waals surface area (Å²) in [7, 11) is 1.23. The number of esters is 1. The van der Waals surface area contributed by atoms with Gasteiger partial charge in [-0.15, -0.1) is 0 Å². The third-order valence-electron chi connectivity index (χ3n) is 5.50. The molecule has 1 heterocycles. The number of carbonyl (C=O) groups excluding carboxylic acids is 1. The third kappa shape index (κ3) is 5.08. The Balaban J connectivity index is 1.77. The Morgan fingerprint density at radius 2 is 1.76 bits per heavy atom. The number of ether oxygens (including phenoxy) is 2. The van der Waals surface area contributed by atoms with Gasteiger partial charge >= 0.3 is 12.1 Å². The number of hydrogen-bond donors (Lipinski definition) is 0. The molecular formula is C25H20F4N2O3. The summed E-state index contributed by atoms with van der Waals surface area (Å²) < 4.78 is 64.3. The van der Waals surface area contributed by atoms with Crippen LogP contribution in [-0.4, -0.2) is 23.0 Å². The van der Waals surface area contributed by atoms with Crippen LogP contribution in [0.1, 0.15) is 52.1 Å². The van der Waals surface area contributed by atoms with Crippen LogP contribution in [-0.2, 0) is 17.5 Å². The average Bonchev–Trinajstić information content (AvgIpc) is 3.32. The second-order valence-electron chi connectivity index (χ2n) is 7.72. The number of benzene rings is 2. The Labute approximate surface area is 193 Å². The van der Waals surface area contributed by atoms with Crippen LogP contribution in [0.4, 0.5) is 17.6 Å². The highest BCUT2D eigenvalue weighted by Gasteiger charge is 2.32. The van der Waals surface area contributed by atoms with Crippen molar-refractivity contribution in [2.45, 2.75) is 32.0 Å². The summed E-state index contributed by atoms with van der Waals surface area (Å²) >= 11 is 0. The van der Waals surface area contributed by atoms with Gasteiger partial charge in [-0.1, -0.05) is 12.1 Å². The van der Waals surface area contributed by atoms with Crippen molar-refractivity contribution in [3.05, 3.63) is 88.8 Å². The van der Waals surface area contributed by atoms with Gasteiger partial charge in [0.15, 0.2) is 5.69 Å². The molecular weight excluding hydrogens is 452 g/mol. The lowest BCUT2D eigenvalue weighted by Gasteiger charge is -2.17. The molecule has 0 fully saturated rings. The lowest BCUT2D eigenvalue weighted by molar-refractivity contribution is -0.137. The quantitative estimate of drug-likeness (QED) is 0.321. The molecule has 2 aromatic carbocycles. The molecule has 1 aliphatic rings. The van der Waals surface area contributed by atoms with Crippen LogP contribution in [0.3, 0.4) is 0 Å². The molecule has 0 radical (unpaired) electrons. The average molecular weight is 472 g/mol. The first kappa shape index (κ1) is 23.4. The van der Waals surface area contributed by atoms with Crippen LogP contribution < -0.4 is 4.74 Å². The molecule has 0 unspecified atom stereocenters. The highest BCUT2D eigenvalue weighted by atomic mass is 19.4. The highest BCUT2D eigenvalue weighted by molar-refractivity contribution is 5.94. The molecule has 0 atom stereocenters. The maximum absolute atomic E-state index is 13.5. The number of carbonyl (C=O) groups is 1. The van der Waals surface area contributed by atoms with Gasteiger partial charge in [-0.25, -0.2) is 14.2 Å². The van der Waals surface area contributed by atoms with E-state index in [1.54, 1.807) is 12.1 Å². The molecule has 9 heteroatoms. The van der Waals surface area contributed by atoms with Crippen molar-refractivity contribution in [1.29, 1.82) is 0 Å². The second kappa shape index (κ2) is 9.62. The molecule has 1 aliphatic carbocycles. The van der Waals surface area contributed by atoms with E-state index >= 15 is 0 Å². The number of alkyl halides is 3. The van der Waals surface area contributed by atoms with Crippen molar-refractivity contribution < 1.29 is 31.8 Å². The molecule has 176 valence electrons. The van der Waals surface area contributed by atoms with E-state index in [1.165, 1.54) is 37.7 Å². The van der Waals surface area contributed by atoms with Crippen LogP contribution in [0.15, 0.2) is 54.9 Å². The molecule has 0 aliphatic heterocycles. The Morgan fingerprint density at radius 3 is 2.47 bits per heavy atom. The summed E-state index contributed by atoms with van der Waals surface area (Å²) in [6.07, 6.45) is -0.0294. The van der Waals surface area contributed by atoms with Crippen molar-refractivity contribution in [2.24, 2.45) is 0 Å². The van der Waals surface area contributed by atoms with Gasteiger partial charge in [0, 0.05) is 5.56 Å². The fourth-order valence-electron chi connectivity index (χ4n) is 3.85. The van der Waals surface area contributed by atoms with Crippen LogP contribution in [0, 0.1) is 5.82 Å². The van der Waals surface area contributed by atoms with E-state index in [2.05, 4.69) is 9.97 Å². The first-order valence-electron chi connectivity index (χ1n) is 10.5. The molecule has 4 rings (SSSR count). The maximum atomic E-state index is 13.5. The molecule has 0 bridgehead atoms. The van der Waals surface area contributed by atoms with Crippen LogP contribution in [0.5, 0.6) is 5.75 Å². The number of allylic oxidation sites excluding steroid dienone is 2. The fourth-order valence-corrected chi connectivity index (χ4v) is 3.85. The third-order valence-corrected chi connectivity index (χ3v) is 5.50. The topological polar surface area (TPSA) is 61.3 Å². The summed E-state index contributed by atoms with van der Waals surface area (Å²) in [5.41, 5.74) is 1.93. The van der Waals surface area contributed by atoms with Gasteiger partial charge in [0.2, 0.25) is 0 Å². The maximum Gasteiger partial charge on any atom is 0.416 e. The largest absolute Gasteiger partial charge is 0.488 e. The van der Waals surface area contributed by atoms with E-state index in [1.807, 2.05) is 0 Å².